The fourth-order valence-corrected chi connectivity index (χ4v) is 3.24. The van der Waals surface area contributed by atoms with Gasteiger partial charge in [0.05, 0.1) is 18.8 Å². The van der Waals surface area contributed by atoms with Crippen LogP contribution in [0.25, 0.3) is 0 Å². The van der Waals surface area contributed by atoms with Crippen LogP contribution >= 0.6 is 0 Å². The minimum Gasteiger partial charge on any atom is -0.394 e. The van der Waals surface area contributed by atoms with E-state index >= 15 is 0 Å². The molecule has 8 heteroatoms. The van der Waals surface area contributed by atoms with Gasteiger partial charge in [-0.25, -0.2) is 0 Å². The van der Waals surface area contributed by atoms with Gasteiger partial charge >= 0.3 is 0 Å². The number of ketones is 1. The van der Waals surface area contributed by atoms with Gasteiger partial charge < -0.3 is 30.1 Å². The molecule has 5 unspecified atom stereocenters. The Balaban J connectivity index is 2.27. The van der Waals surface area contributed by atoms with E-state index < -0.39 is 36.6 Å². The lowest BCUT2D eigenvalue weighted by molar-refractivity contribution is -0.287. The number of Topliss-reactive ketones (excluding diaryl/α,β-unsaturated/α-hetero) is 1. The van der Waals surface area contributed by atoms with Gasteiger partial charge in [-0.15, -0.1) is 0 Å². The number of aliphatic hydroxyl groups excluding tert-OH is 3. The maximum absolute atomic E-state index is 12.0. The molecular formula is C20H37NO7. The number of aliphatic hydroxyl groups is 3. The highest BCUT2D eigenvalue weighted by Gasteiger charge is 2.42. The van der Waals surface area contributed by atoms with Gasteiger partial charge in [0.15, 0.2) is 12.1 Å². The molecule has 0 aliphatic carbocycles. The van der Waals surface area contributed by atoms with E-state index in [0.29, 0.717) is 25.7 Å². The van der Waals surface area contributed by atoms with Gasteiger partial charge in [-0.2, -0.15) is 0 Å². The van der Waals surface area contributed by atoms with Crippen molar-refractivity contribution in [2.75, 3.05) is 13.2 Å². The molecule has 1 rings (SSSR count). The zero-order valence-electron chi connectivity index (χ0n) is 17.3. The third-order valence-electron chi connectivity index (χ3n) is 5.23. The summed E-state index contributed by atoms with van der Waals surface area (Å²) >= 11 is 0. The third-order valence-corrected chi connectivity index (χ3v) is 5.23. The maximum atomic E-state index is 12.0. The van der Waals surface area contributed by atoms with E-state index in [1.807, 2.05) is 0 Å². The number of carbonyl (C=O) groups excluding carboxylic acids is 2. The topological polar surface area (TPSA) is 125 Å². The van der Waals surface area contributed by atoms with E-state index in [2.05, 4.69) is 12.2 Å². The van der Waals surface area contributed by atoms with Crippen molar-refractivity contribution in [3.05, 3.63) is 0 Å². The third kappa shape index (κ3) is 8.13. The van der Waals surface area contributed by atoms with Gasteiger partial charge in [0.1, 0.15) is 12.2 Å². The molecule has 1 aliphatic heterocycles. The zero-order valence-corrected chi connectivity index (χ0v) is 17.3. The molecule has 28 heavy (non-hydrogen) atoms. The minimum absolute atomic E-state index is 0.0223. The molecule has 6 atom stereocenters. The summed E-state index contributed by atoms with van der Waals surface area (Å²) in [4.78, 5) is 23.7. The lowest BCUT2D eigenvalue weighted by Gasteiger charge is -2.40. The smallest absolute Gasteiger partial charge is 0.220 e. The van der Waals surface area contributed by atoms with Crippen LogP contribution in [0.4, 0.5) is 0 Å². The van der Waals surface area contributed by atoms with Gasteiger partial charge in [0, 0.05) is 18.9 Å². The second-order valence-corrected chi connectivity index (χ2v) is 7.62. The Labute approximate surface area is 167 Å². The Hall–Kier alpha value is -1.06. The molecule has 4 N–H and O–H groups in total. The van der Waals surface area contributed by atoms with Crippen LogP contribution < -0.4 is 5.32 Å². The van der Waals surface area contributed by atoms with Gasteiger partial charge in [0.25, 0.3) is 0 Å². The Bertz CT molecular complexity index is 471. The van der Waals surface area contributed by atoms with Gasteiger partial charge in [-0.1, -0.05) is 33.1 Å². The molecule has 8 nitrogen and oxygen atoms in total. The molecule has 1 amide bonds. The Morgan fingerprint density at radius 1 is 1.14 bits per heavy atom. The predicted octanol–water partition coefficient (Wildman–Crippen LogP) is 0.902. The summed E-state index contributed by atoms with van der Waals surface area (Å²) in [6, 6.07) is -0.413. The van der Waals surface area contributed by atoms with Crippen molar-refractivity contribution >= 4 is 11.7 Å². The van der Waals surface area contributed by atoms with E-state index in [-0.39, 0.29) is 24.9 Å². The van der Waals surface area contributed by atoms with Gasteiger partial charge in [-0.3, -0.25) is 9.59 Å². The summed E-state index contributed by atoms with van der Waals surface area (Å²) in [7, 11) is 0. The number of unbranched alkanes of at least 4 members (excludes halogenated alkanes) is 3. The van der Waals surface area contributed by atoms with Crippen LogP contribution in [-0.2, 0) is 19.1 Å². The second kappa shape index (κ2) is 13.2. The number of hydrogen-bond acceptors (Lipinski definition) is 7. The Morgan fingerprint density at radius 2 is 1.86 bits per heavy atom. The van der Waals surface area contributed by atoms with Crippen LogP contribution in [0, 0.1) is 5.92 Å². The number of ether oxygens (including phenoxy) is 2. The van der Waals surface area contributed by atoms with Crippen molar-refractivity contribution in [3.63, 3.8) is 0 Å². The fraction of sp³-hybridized carbons (Fsp3) is 0.900. The van der Waals surface area contributed by atoms with Gasteiger partial charge in [-0.05, 0) is 26.2 Å². The lowest BCUT2D eigenvalue weighted by atomic mass is 9.91. The van der Waals surface area contributed by atoms with Crippen LogP contribution in [0.15, 0.2) is 0 Å². The number of amides is 1. The first kappa shape index (κ1) is 25.0. The molecule has 1 heterocycles. The van der Waals surface area contributed by atoms with Crippen LogP contribution in [0.2, 0.25) is 0 Å². The largest absolute Gasteiger partial charge is 0.394 e. The summed E-state index contributed by atoms with van der Waals surface area (Å²) in [6.07, 6.45) is 1.52. The van der Waals surface area contributed by atoms with Crippen molar-refractivity contribution in [3.8, 4) is 0 Å². The summed E-state index contributed by atoms with van der Waals surface area (Å²) in [6.45, 7) is 5.19. The zero-order chi connectivity index (χ0) is 21.1. The van der Waals surface area contributed by atoms with E-state index in [1.54, 1.807) is 6.92 Å². The first-order valence-corrected chi connectivity index (χ1v) is 10.4. The molecule has 0 radical (unpaired) electrons. The normalized spacial score (nSPS) is 28.7. The lowest BCUT2D eigenvalue weighted by Crippen LogP contribution is -2.55. The average Bonchev–Trinajstić information content (AvgIpc) is 2.66. The summed E-state index contributed by atoms with van der Waals surface area (Å²) in [5.74, 6) is -0.647. The summed E-state index contributed by atoms with van der Waals surface area (Å²) in [5.41, 5.74) is 0. The van der Waals surface area contributed by atoms with E-state index in [0.717, 1.165) is 19.3 Å². The molecule has 0 aromatic carbocycles. The van der Waals surface area contributed by atoms with Crippen LogP contribution in [0.5, 0.6) is 0 Å². The number of rotatable bonds is 13. The molecule has 1 saturated heterocycles. The first-order valence-electron chi connectivity index (χ1n) is 10.4. The molecule has 0 spiro atoms. The van der Waals surface area contributed by atoms with E-state index in [1.165, 1.54) is 6.92 Å². The standard InChI is InChI=1S/C20H37NO7/c1-4-5-6-9-15(14(3)23)21-17(24)10-7-8-11-27-20-19(26)13(2)18(25)16(12-22)28-20/h13,15-16,18-20,22,25-26H,4-12H2,1-3H3,(H,21,24)/t13?,15-,16?,18?,19?,20?/m0/s1. The van der Waals surface area contributed by atoms with Crippen molar-refractivity contribution in [1.82, 2.24) is 5.32 Å². The Kier molecular flexibility index (Phi) is 11.8. The molecule has 1 fully saturated rings. The van der Waals surface area contributed by atoms with Gasteiger partial charge in [0.2, 0.25) is 5.91 Å². The van der Waals surface area contributed by atoms with Crippen LogP contribution in [0.3, 0.4) is 0 Å². The predicted molar refractivity (Wildman–Crippen MR) is 103 cm³/mol. The highest BCUT2D eigenvalue weighted by molar-refractivity contribution is 5.87. The molecule has 0 bridgehead atoms. The Morgan fingerprint density at radius 3 is 2.46 bits per heavy atom. The van der Waals surface area contributed by atoms with E-state index in [4.69, 9.17) is 9.47 Å². The van der Waals surface area contributed by atoms with Crippen LogP contribution in [-0.4, -0.2) is 70.9 Å². The van der Waals surface area contributed by atoms with Crippen molar-refractivity contribution in [2.24, 2.45) is 5.92 Å². The van der Waals surface area contributed by atoms with Crippen molar-refractivity contribution in [2.45, 2.75) is 96.4 Å². The summed E-state index contributed by atoms with van der Waals surface area (Å²) < 4.78 is 10.9. The molecule has 0 aromatic heterocycles. The number of hydrogen-bond donors (Lipinski definition) is 4. The number of carbonyl (C=O) groups is 2. The highest BCUT2D eigenvalue weighted by Crippen LogP contribution is 2.26. The second-order valence-electron chi connectivity index (χ2n) is 7.62. The maximum Gasteiger partial charge on any atom is 0.220 e. The first-order chi connectivity index (χ1) is 13.3. The monoisotopic (exact) mass is 403 g/mol. The molecule has 1 aliphatic rings. The van der Waals surface area contributed by atoms with Crippen LogP contribution in [0.1, 0.15) is 65.7 Å². The molecule has 164 valence electrons. The molecule has 0 saturated carbocycles. The summed E-state index contributed by atoms with van der Waals surface area (Å²) in [5, 5.41) is 32.1. The highest BCUT2D eigenvalue weighted by atomic mass is 16.7. The van der Waals surface area contributed by atoms with E-state index in [9.17, 15) is 24.9 Å². The average molecular weight is 404 g/mol. The fourth-order valence-electron chi connectivity index (χ4n) is 3.24. The number of nitrogens with one attached hydrogen (secondary N) is 1. The minimum atomic E-state index is -0.986. The quantitative estimate of drug-likeness (QED) is 0.337. The molecular weight excluding hydrogens is 366 g/mol. The SMILES string of the molecule is CCCCC[C@H](NC(=O)CCCCOC1OC(CO)C(O)C(C)C1O)C(C)=O. The van der Waals surface area contributed by atoms with Crippen molar-refractivity contribution in [1.29, 1.82) is 0 Å². The molecule has 0 aromatic rings. The van der Waals surface area contributed by atoms with Crippen molar-refractivity contribution < 1.29 is 34.4 Å².